The van der Waals surface area contributed by atoms with Crippen molar-refractivity contribution in [3.63, 3.8) is 0 Å². The Morgan fingerprint density at radius 2 is 2.12 bits per heavy atom. The van der Waals surface area contributed by atoms with Gasteiger partial charge in [0.2, 0.25) is 0 Å². The molecule has 0 aliphatic heterocycles. The first kappa shape index (κ1) is 12.5. The summed E-state index contributed by atoms with van der Waals surface area (Å²) < 4.78 is 5.77. The fourth-order valence-corrected chi connectivity index (χ4v) is 1.32. The van der Waals surface area contributed by atoms with E-state index in [-0.39, 0.29) is 11.3 Å². The Morgan fingerprint density at radius 1 is 1.50 bits per heavy atom. The predicted molar refractivity (Wildman–Crippen MR) is 60.4 cm³/mol. The van der Waals surface area contributed by atoms with E-state index in [0.29, 0.717) is 4.47 Å². The Morgan fingerprint density at radius 3 is 2.62 bits per heavy atom. The largest absolute Gasteiger partial charge is 0.480 e. The van der Waals surface area contributed by atoms with Gasteiger partial charge in [-0.1, -0.05) is 0 Å². The van der Waals surface area contributed by atoms with Crippen LogP contribution in [0.4, 0.5) is 0 Å². The van der Waals surface area contributed by atoms with E-state index in [9.17, 15) is 9.59 Å². The highest BCUT2D eigenvalue weighted by molar-refractivity contribution is 9.10. The number of ether oxygens (including phenoxy) is 1. The highest BCUT2D eigenvalue weighted by Crippen LogP contribution is 2.27. The monoisotopic (exact) mass is 287 g/mol. The maximum absolute atomic E-state index is 10.8. The molecule has 0 spiro atoms. The maximum Gasteiger partial charge on any atom is 0.335 e. The summed E-state index contributed by atoms with van der Waals surface area (Å²) in [5.41, 5.74) is 5.11. The van der Waals surface area contributed by atoms with Gasteiger partial charge in [0.15, 0.2) is 6.10 Å². The quantitative estimate of drug-likeness (QED) is 0.876. The minimum atomic E-state index is -1.07. The SMILES string of the molecule is CC(Oc1cc(C(=O)O)ccc1Br)C(N)=O. The fraction of sp³-hybridized carbons (Fsp3) is 0.200. The standard InChI is InChI=1S/C10H10BrNO4/c1-5(9(12)13)16-8-4-6(10(14)15)2-3-7(8)11/h2-5H,1H3,(H2,12,13)(H,14,15). The van der Waals surface area contributed by atoms with Crippen LogP contribution in [0.3, 0.4) is 0 Å². The number of carboxylic acids is 1. The molecule has 3 N–H and O–H groups in total. The molecule has 16 heavy (non-hydrogen) atoms. The molecule has 1 aromatic rings. The summed E-state index contributed by atoms with van der Waals surface area (Å²) in [6, 6.07) is 4.28. The minimum Gasteiger partial charge on any atom is -0.480 e. The zero-order valence-corrected chi connectivity index (χ0v) is 10.0. The third kappa shape index (κ3) is 2.96. The van der Waals surface area contributed by atoms with Crippen molar-refractivity contribution in [1.82, 2.24) is 0 Å². The lowest BCUT2D eigenvalue weighted by Gasteiger charge is -2.13. The molecule has 1 atom stereocenters. The number of aromatic carboxylic acids is 1. The summed E-state index contributed by atoms with van der Waals surface area (Å²) >= 11 is 3.19. The van der Waals surface area contributed by atoms with Gasteiger partial charge in [-0.05, 0) is 41.1 Å². The van der Waals surface area contributed by atoms with Crippen molar-refractivity contribution in [2.45, 2.75) is 13.0 Å². The lowest BCUT2D eigenvalue weighted by molar-refractivity contribution is -0.124. The van der Waals surface area contributed by atoms with E-state index in [0.717, 1.165) is 0 Å². The third-order valence-corrected chi connectivity index (χ3v) is 2.54. The van der Waals surface area contributed by atoms with Crippen molar-refractivity contribution in [1.29, 1.82) is 0 Å². The number of nitrogens with two attached hydrogens (primary N) is 1. The minimum absolute atomic E-state index is 0.0786. The Kier molecular flexibility index (Phi) is 3.89. The molecule has 5 nitrogen and oxygen atoms in total. The lowest BCUT2D eigenvalue weighted by Crippen LogP contribution is -2.30. The molecule has 0 fully saturated rings. The zero-order chi connectivity index (χ0) is 12.3. The number of carboxylic acid groups (broad SMARTS) is 1. The van der Waals surface area contributed by atoms with Crippen LogP contribution in [0.2, 0.25) is 0 Å². The third-order valence-electron chi connectivity index (χ3n) is 1.88. The van der Waals surface area contributed by atoms with Crippen molar-refractivity contribution in [2.24, 2.45) is 5.73 Å². The van der Waals surface area contributed by atoms with Gasteiger partial charge in [0.1, 0.15) is 5.75 Å². The molecule has 6 heteroatoms. The average Bonchev–Trinajstić information content (AvgIpc) is 2.20. The van der Waals surface area contributed by atoms with Crippen LogP contribution < -0.4 is 10.5 Å². The Labute approximate surface area is 100 Å². The molecule has 0 saturated carbocycles. The molecule has 0 bridgehead atoms. The van der Waals surface area contributed by atoms with E-state index in [2.05, 4.69) is 15.9 Å². The van der Waals surface area contributed by atoms with Gasteiger partial charge in [-0.2, -0.15) is 0 Å². The number of hydrogen-bond donors (Lipinski definition) is 2. The van der Waals surface area contributed by atoms with Crippen LogP contribution in [0.15, 0.2) is 22.7 Å². The molecule has 1 aromatic carbocycles. The molecule has 1 unspecified atom stereocenters. The Hall–Kier alpha value is -1.56. The molecular weight excluding hydrogens is 278 g/mol. The number of rotatable bonds is 4. The van der Waals surface area contributed by atoms with Gasteiger partial charge >= 0.3 is 5.97 Å². The lowest BCUT2D eigenvalue weighted by atomic mass is 10.2. The molecule has 0 aromatic heterocycles. The summed E-state index contributed by atoms with van der Waals surface area (Å²) in [7, 11) is 0. The molecular formula is C10H10BrNO4. The van der Waals surface area contributed by atoms with Crippen molar-refractivity contribution in [3.05, 3.63) is 28.2 Å². The molecule has 0 saturated heterocycles. The van der Waals surface area contributed by atoms with Crippen molar-refractivity contribution < 1.29 is 19.4 Å². The van der Waals surface area contributed by atoms with E-state index in [1.165, 1.54) is 25.1 Å². The highest BCUT2D eigenvalue weighted by Gasteiger charge is 2.14. The second-order valence-electron chi connectivity index (χ2n) is 3.11. The van der Waals surface area contributed by atoms with Gasteiger partial charge in [-0.15, -0.1) is 0 Å². The number of amides is 1. The smallest absolute Gasteiger partial charge is 0.335 e. The van der Waals surface area contributed by atoms with Crippen LogP contribution in [-0.4, -0.2) is 23.1 Å². The zero-order valence-electron chi connectivity index (χ0n) is 8.44. The van der Waals surface area contributed by atoms with E-state index in [4.69, 9.17) is 15.6 Å². The molecule has 0 radical (unpaired) electrons. The first-order chi connectivity index (χ1) is 7.41. The summed E-state index contributed by atoms with van der Waals surface area (Å²) in [4.78, 5) is 21.5. The summed E-state index contributed by atoms with van der Waals surface area (Å²) in [5, 5.41) is 8.78. The van der Waals surface area contributed by atoms with Crippen molar-refractivity contribution >= 4 is 27.8 Å². The predicted octanol–water partition coefficient (Wildman–Crippen LogP) is 1.40. The molecule has 86 valence electrons. The molecule has 0 heterocycles. The van der Waals surface area contributed by atoms with Crippen LogP contribution in [0.25, 0.3) is 0 Å². The number of primary amides is 1. The van der Waals surface area contributed by atoms with Crippen LogP contribution in [0.1, 0.15) is 17.3 Å². The van der Waals surface area contributed by atoms with E-state index in [1.807, 2.05) is 0 Å². The van der Waals surface area contributed by atoms with Crippen LogP contribution >= 0.6 is 15.9 Å². The van der Waals surface area contributed by atoms with Crippen LogP contribution in [0.5, 0.6) is 5.75 Å². The average molecular weight is 288 g/mol. The van der Waals surface area contributed by atoms with E-state index >= 15 is 0 Å². The van der Waals surface area contributed by atoms with Gasteiger partial charge in [0.05, 0.1) is 10.0 Å². The van der Waals surface area contributed by atoms with Crippen molar-refractivity contribution in [2.75, 3.05) is 0 Å². The summed E-state index contributed by atoms with van der Waals surface area (Å²) in [6.45, 7) is 1.49. The number of hydrogen-bond acceptors (Lipinski definition) is 3. The molecule has 1 amide bonds. The first-order valence-electron chi connectivity index (χ1n) is 4.40. The summed E-state index contributed by atoms with van der Waals surface area (Å²) in [6.07, 6.45) is -0.819. The van der Waals surface area contributed by atoms with Crippen LogP contribution in [0, 0.1) is 0 Å². The fourth-order valence-electron chi connectivity index (χ4n) is 0.975. The van der Waals surface area contributed by atoms with E-state index in [1.54, 1.807) is 0 Å². The highest BCUT2D eigenvalue weighted by atomic mass is 79.9. The number of carbonyl (C=O) groups is 2. The Balaban J connectivity index is 2.98. The van der Waals surface area contributed by atoms with Crippen LogP contribution in [-0.2, 0) is 4.79 Å². The second-order valence-corrected chi connectivity index (χ2v) is 3.97. The number of halogens is 1. The molecule has 1 rings (SSSR count). The number of carbonyl (C=O) groups excluding carboxylic acids is 1. The first-order valence-corrected chi connectivity index (χ1v) is 5.20. The van der Waals surface area contributed by atoms with Gasteiger partial charge in [-0.3, -0.25) is 4.79 Å². The normalized spacial score (nSPS) is 11.9. The summed E-state index contributed by atoms with van der Waals surface area (Å²) in [5.74, 6) is -1.41. The Bertz CT molecular complexity index is 433. The maximum atomic E-state index is 10.8. The van der Waals surface area contributed by atoms with Gasteiger partial charge in [-0.25, -0.2) is 4.79 Å². The molecule has 0 aliphatic rings. The second kappa shape index (κ2) is 4.98. The van der Waals surface area contributed by atoms with E-state index < -0.39 is 18.0 Å². The van der Waals surface area contributed by atoms with Gasteiger partial charge in [0.25, 0.3) is 5.91 Å². The number of benzene rings is 1. The van der Waals surface area contributed by atoms with Crippen molar-refractivity contribution in [3.8, 4) is 5.75 Å². The molecule has 0 aliphatic carbocycles. The van der Waals surface area contributed by atoms with Gasteiger partial charge in [0, 0.05) is 0 Å². The topological polar surface area (TPSA) is 89.6 Å². The van der Waals surface area contributed by atoms with Gasteiger partial charge < -0.3 is 15.6 Å².